The first-order valence-corrected chi connectivity index (χ1v) is 16.6. The fourth-order valence-electron chi connectivity index (χ4n) is 7.50. The molecule has 2 amide bonds. The fraction of sp³-hybridized carbons (Fsp3) is 0.469. The second-order valence-corrected chi connectivity index (χ2v) is 14.1. The highest BCUT2D eigenvalue weighted by Gasteiger charge is 2.62. The third-order valence-corrected chi connectivity index (χ3v) is 11.3. The first-order chi connectivity index (χ1) is 20.7. The van der Waals surface area contributed by atoms with Crippen LogP contribution in [-0.2, 0) is 21.5 Å². The number of hydrogen-bond acceptors (Lipinski definition) is 6. The van der Waals surface area contributed by atoms with Crippen molar-refractivity contribution < 1.29 is 22.7 Å². The topological polar surface area (TPSA) is 122 Å². The van der Waals surface area contributed by atoms with Gasteiger partial charge in [0.25, 0.3) is 5.91 Å². The van der Waals surface area contributed by atoms with Gasteiger partial charge in [-0.2, -0.15) is 12.7 Å². The average Bonchev–Trinajstić information content (AvgIpc) is 3.68. The van der Waals surface area contributed by atoms with E-state index in [9.17, 15) is 18.0 Å². The molecule has 3 aromatic rings. The Morgan fingerprint density at radius 3 is 2.67 bits per heavy atom. The molecule has 1 aromatic heterocycles. The van der Waals surface area contributed by atoms with E-state index in [0.29, 0.717) is 25.3 Å². The van der Waals surface area contributed by atoms with Gasteiger partial charge in [0.05, 0.1) is 18.2 Å². The van der Waals surface area contributed by atoms with E-state index in [2.05, 4.69) is 31.7 Å². The summed E-state index contributed by atoms with van der Waals surface area (Å²) in [5.74, 6) is 0.394. The molecule has 4 aliphatic rings. The van der Waals surface area contributed by atoms with Gasteiger partial charge in [-0.1, -0.05) is 25.3 Å². The molecule has 2 saturated carbocycles. The lowest BCUT2D eigenvalue weighted by Crippen LogP contribution is -2.42. The van der Waals surface area contributed by atoms with Crippen LogP contribution in [-0.4, -0.2) is 62.7 Å². The van der Waals surface area contributed by atoms with Crippen LogP contribution in [0.2, 0.25) is 0 Å². The van der Waals surface area contributed by atoms with Crippen LogP contribution in [0, 0.1) is 5.41 Å². The van der Waals surface area contributed by atoms with E-state index in [-0.39, 0.29) is 30.6 Å². The summed E-state index contributed by atoms with van der Waals surface area (Å²) in [4.78, 5) is 31.7. The van der Waals surface area contributed by atoms with Crippen molar-refractivity contribution in [3.8, 4) is 17.0 Å². The lowest BCUT2D eigenvalue weighted by molar-refractivity contribution is -0.126. The first kappa shape index (κ1) is 28.1. The van der Waals surface area contributed by atoms with Crippen molar-refractivity contribution >= 4 is 39.1 Å². The maximum atomic E-state index is 14.0. The lowest BCUT2D eigenvalue weighted by atomic mass is 9.81. The number of carbonyl (C=O) groups excluding carboxylic acids is 2. The van der Waals surface area contributed by atoms with E-state index >= 15 is 0 Å². The van der Waals surface area contributed by atoms with Gasteiger partial charge in [-0.15, -0.1) is 0 Å². The number of fused-ring (bicyclic) bond motifs is 4. The van der Waals surface area contributed by atoms with Gasteiger partial charge in [-0.05, 0) is 73.1 Å². The SMILES string of the molecule is COc1ccc2c(c1)C1CC13Cn1c-2c(C2CCCCC2)c2ccc(cc21)C(=O)NS(=O)(=O)N(C)CCC=NCNC3=O. The molecule has 2 fully saturated rings. The van der Waals surface area contributed by atoms with Crippen molar-refractivity contribution in [2.24, 2.45) is 10.4 Å². The predicted molar refractivity (Wildman–Crippen MR) is 165 cm³/mol. The van der Waals surface area contributed by atoms with Crippen molar-refractivity contribution in [3.63, 3.8) is 0 Å². The molecular weight excluding hydrogens is 566 g/mol. The van der Waals surface area contributed by atoms with Crippen LogP contribution in [0.4, 0.5) is 0 Å². The molecular formula is C32H37N5O5S. The molecule has 2 aromatic carbocycles. The van der Waals surface area contributed by atoms with Gasteiger partial charge < -0.3 is 14.6 Å². The Kier molecular flexibility index (Phi) is 6.85. The number of methoxy groups -OCH3 is 1. The maximum Gasteiger partial charge on any atom is 0.303 e. The summed E-state index contributed by atoms with van der Waals surface area (Å²) in [7, 11) is -0.973. The highest BCUT2D eigenvalue weighted by Crippen LogP contribution is 2.65. The summed E-state index contributed by atoms with van der Waals surface area (Å²) >= 11 is 0. The summed E-state index contributed by atoms with van der Waals surface area (Å²) in [5.41, 5.74) is 4.99. The zero-order chi connectivity index (χ0) is 29.9. The van der Waals surface area contributed by atoms with Gasteiger partial charge in [-0.25, -0.2) is 4.72 Å². The zero-order valence-electron chi connectivity index (χ0n) is 24.6. The summed E-state index contributed by atoms with van der Waals surface area (Å²) in [6, 6.07) is 11.7. The minimum atomic E-state index is -4.06. The number of carbonyl (C=O) groups is 2. The Morgan fingerprint density at radius 2 is 1.88 bits per heavy atom. The van der Waals surface area contributed by atoms with E-state index in [1.54, 1.807) is 25.5 Å². The molecule has 2 unspecified atom stereocenters. The van der Waals surface area contributed by atoms with E-state index < -0.39 is 21.5 Å². The summed E-state index contributed by atoms with van der Waals surface area (Å²) < 4.78 is 37.1. The normalized spacial score (nSPS) is 25.9. The fourth-order valence-corrected chi connectivity index (χ4v) is 8.36. The van der Waals surface area contributed by atoms with Crippen LogP contribution in [0.3, 0.4) is 0 Å². The van der Waals surface area contributed by atoms with E-state index in [1.807, 2.05) is 12.1 Å². The maximum absolute atomic E-state index is 14.0. The number of nitrogens with zero attached hydrogens (tertiary/aromatic N) is 3. The molecule has 11 heteroatoms. The van der Waals surface area contributed by atoms with Crippen molar-refractivity contribution in [1.82, 2.24) is 18.9 Å². The summed E-state index contributed by atoms with van der Waals surface area (Å²) in [6.45, 7) is 0.706. The largest absolute Gasteiger partial charge is 0.497 e. The number of aromatic nitrogens is 1. The van der Waals surface area contributed by atoms with Crippen LogP contribution in [0.25, 0.3) is 22.2 Å². The molecule has 43 heavy (non-hydrogen) atoms. The third kappa shape index (κ3) is 4.64. The third-order valence-electron chi connectivity index (χ3n) is 9.90. The smallest absolute Gasteiger partial charge is 0.303 e. The van der Waals surface area contributed by atoms with Crippen molar-refractivity contribution in [2.45, 2.75) is 63.3 Å². The monoisotopic (exact) mass is 603 g/mol. The molecule has 4 bridgehead atoms. The van der Waals surface area contributed by atoms with Crippen LogP contribution in [0.15, 0.2) is 41.4 Å². The van der Waals surface area contributed by atoms with Gasteiger partial charge >= 0.3 is 10.2 Å². The van der Waals surface area contributed by atoms with Gasteiger partial charge in [0.1, 0.15) is 12.4 Å². The molecule has 226 valence electrons. The molecule has 2 aliphatic heterocycles. The second-order valence-electron chi connectivity index (χ2n) is 12.4. The minimum Gasteiger partial charge on any atom is -0.497 e. The van der Waals surface area contributed by atoms with Gasteiger partial charge in [-0.3, -0.25) is 14.6 Å². The number of amides is 2. The Hall–Kier alpha value is -3.70. The predicted octanol–water partition coefficient (Wildman–Crippen LogP) is 4.31. The van der Waals surface area contributed by atoms with E-state index in [1.165, 1.54) is 19.0 Å². The van der Waals surface area contributed by atoms with Crippen molar-refractivity contribution in [3.05, 3.63) is 53.1 Å². The minimum absolute atomic E-state index is 0.0168. The molecule has 7 rings (SSSR count). The van der Waals surface area contributed by atoms with Crippen LogP contribution >= 0.6 is 0 Å². The number of benzene rings is 2. The number of hydrogen-bond donors (Lipinski definition) is 2. The highest BCUT2D eigenvalue weighted by molar-refractivity contribution is 7.87. The van der Waals surface area contributed by atoms with Gasteiger partial charge in [0.15, 0.2) is 0 Å². The zero-order valence-corrected chi connectivity index (χ0v) is 25.4. The van der Waals surface area contributed by atoms with Crippen LogP contribution < -0.4 is 14.8 Å². The standard InChI is InChI=1S/C32H37N5O5S/c1-36-14-6-13-33-19-34-31(39)32-17-26(32)25-16-22(42-2)10-12-23(25)29-28(20-7-4-3-5-8-20)24-11-9-21(15-27(24)37(29)18-32)30(38)35-43(36,40)41/h9-13,15-16,20,26H,3-8,14,17-19H2,1-2H3,(H,34,39)(H,35,38). The Bertz CT molecular complexity index is 1770. The van der Waals surface area contributed by atoms with E-state index in [0.717, 1.165) is 63.5 Å². The molecule has 0 radical (unpaired) electrons. The molecule has 2 aliphatic carbocycles. The average molecular weight is 604 g/mol. The number of ether oxygens (including phenoxy) is 1. The number of rotatable bonds is 2. The Morgan fingerprint density at radius 1 is 1.07 bits per heavy atom. The van der Waals surface area contributed by atoms with Gasteiger partial charge in [0, 0.05) is 54.3 Å². The second kappa shape index (κ2) is 10.5. The van der Waals surface area contributed by atoms with Crippen LogP contribution in [0.5, 0.6) is 5.75 Å². The Labute approximate surface area is 251 Å². The number of aliphatic imine (C=N–C) groups is 1. The van der Waals surface area contributed by atoms with Crippen molar-refractivity contribution in [2.75, 3.05) is 27.4 Å². The molecule has 0 saturated heterocycles. The molecule has 10 nitrogen and oxygen atoms in total. The summed E-state index contributed by atoms with van der Waals surface area (Å²) in [5, 5.41) is 4.09. The molecule has 2 atom stereocenters. The lowest BCUT2D eigenvalue weighted by Gasteiger charge is -2.24. The highest BCUT2D eigenvalue weighted by atomic mass is 32.2. The first-order valence-electron chi connectivity index (χ1n) is 15.1. The summed E-state index contributed by atoms with van der Waals surface area (Å²) in [6.07, 6.45) is 8.35. The molecule has 1 spiro atoms. The van der Waals surface area contributed by atoms with Gasteiger partial charge in [0.2, 0.25) is 5.91 Å². The molecule has 3 heterocycles. The quantitative estimate of drug-likeness (QED) is 0.452. The molecule has 2 N–H and O–H groups in total. The van der Waals surface area contributed by atoms with Crippen molar-refractivity contribution in [1.29, 1.82) is 0 Å². The number of nitrogens with one attached hydrogen (secondary N) is 2. The van der Waals surface area contributed by atoms with E-state index in [4.69, 9.17) is 4.74 Å². The van der Waals surface area contributed by atoms with Crippen LogP contribution in [0.1, 0.15) is 78.3 Å². The Balaban J connectivity index is 1.48.